The van der Waals surface area contributed by atoms with Gasteiger partial charge in [0.15, 0.2) is 0 Å². The number of amides is 1. The SMILES string of the molecule is Cc1ccccc1OC(C)CNC(=O)CC(C)C1CCNCC1. The minimum absolute atomic E-state index is 0.0331. The number of rotatable bonds is 7. The zero-order valence-electron chi connectivity index (χ0n) is 14.6. The molecule has 128 valence electrons. The third kappa shape index (κ3) is 5.87. The molecule has 2 unspecified atom stereocenters. The highest BCUT2D eigenvalue weighted by Crippen LogP contribution is 2.24. The summed E-state index contributed by atoms with van der Waals surface area (Å²) >= 11 is 0. The molecule has 0 spiro atoms. The fraction of sp³-hybridized carbons (Fsp3) is 0.632. The van der Waals surface area contributed by atoms with Crippen molar-refractivity contribution in [1.82, 2.24) is 10.6 Å². The van der Waals surface area contributed by atoms with Crippen LogP contribution in [0.4, 0.5) is 0 Å². The lowest BCUT2D eigenvalue weighted by Gasteiger charge is -2.28. The highest BCUT2D eigenvalue weighted by Gasteiger charge is 2.22. The average Bonchev–Trinajstić information content (AvgIpc) is 2.56. The fourth-order valence-electron chi connectivity index (χ4n) is 3.15. The summed E-state index contributed by atoms with van der Waals surface area (Å²) in [5.74, 6) is 2.14. The van der Waals surface area contributed by atoms with Crippen molar-refractivity contribution in [2.75, 3.05) is 19.6 Å². The average molecular weight is 318 g/mol. The number of carbonyl (C=O) groups excluding carboxylic acids is 1. The molecule has 1 aromatic carbocycles. The van der Waals surface area contributed by atoms with Crippen LogP contribution in [0.1, 0.15) is 38.7 Å². The summed E-state index contributed by atoms with van der Waals surface area (Å²) in [6.45, 7) is 8.93. The second-order valence-corrected chi connectivity index (χ2v) is 6.77. The van der Waals surface area contributed by atoms with Crippen LogP contribution < -0.4 is 15.4 Å². The number of hydrogen-bond acceptors (Lipinski definition) is 3. The molecule has 1 aliphatic heterocycles. The number of benzene rings is 1. The van der Waals surface area contributed by atoms with Crippen molar-refractivity contribution in [3.63, 3.8) is 0 Å². The van der Waals surface area contributed by atoms with E-state index in [-0.39, 0.29) is 12.0 Å². The van der Waals surface area contributed by atoms with Crippen molar-refractivity contribution in [3.8, 4) is 5.75 Å². The lowest BCUT2D eigenvalue weighted by atomic mass is 9.84. The Morgan fingerprint density at radius 3 is 2.70 bits per heavy atom. The Bertz CT molecular complexity index is 498. The Morgan fingerprint density at radius 1 is 1.30 bits per heavy atom. The number of hydrogen-bond donors (Lipinski definition) is 2. The van der Waals surface area contributed by atoms with Crippen LogP contribution in [0, 0.1) is 18.8 Å². The van der Waals surface area contributed by atoms with Gasteiger partial charge in [0.2, 0.25) is 5.91 Å². The number of aryl methyl sites for hydroxylation is 1. The molecule has 1 saturated heterocycles. The third-order valence-electron chi connectivity index (χ3n) is 4.70. The zero-order valence-corrected chi connectivity index (χ0v) is 14.6. The Hall–Kier alpha value is -1.55. The molecule has 2 atom stereocenters. The zero-order chi connectivity index (χ0) is 16.7. The smallest absolute Gasteiger partial charge is 0.220 e. The van der Waals surface area contributed by atoms with Gasteiger partial charge in [-0.3, -0.25) is 4.79 Å². The van der Waals surface area contributed by atoms with Crippen molar-refractivity contribution in [3.05, 3.63) is 29.8 Å². The van der Waals surface area contributed by atoms with Gasteiger partial charge in [0.25, 0.3) is 0 Å². The molecule has 0 radical (unpaired) electrons. The standard InChI is InChI=1S/C19H30N2O2/c1-14-6-4-5-7-18(14)23-16(3)13-21-19(22)12-15(2)17-8-10-20-11-9-17/h4-7,15-17,20H,8-13H2,1-3H3,(H,21,22). The molecule has 0 aliphatic carbocycles. The summed E-state index contributed by atoms with van der Waals surface area (Å²) in [6.07, 6.45) is 2.94. The molecule has 0 bridgehead atoms. The molecule has 2 rings (SSSR count). The predicted molar refractivity (Wildman–Crippen MR) is 93.7 cm³/mol. The maximum absolute atomic E-state index is 12.1. The van der Waals surface area contributed by atoms with Gasteiger partial charge in [0, 0.05) is 6.42 Å². The molecule has 1 amide bonds. The molecule has 4 nitrogen and oxygen atoms in total. The maximum atomic E-state index is 12.1. The first kappa shape index (κ1) is 17.8. The minimum atomic E-state index is -0.0331. The molecule has 1 aliphatic rings. The molecular formula is C19H30N2O2. The Morgan fingerprint density at radius 2 is 2.00 bits per heavy atom. The second-order valence-electron chi connectivity index (χ2n) is 6.77. The van der Waals surface area contributed by atoms with Crippen molar-refractivity contribution in [1.29, 1.82) is 0 Å². The molecule has 2 N–H and O–H groups in total. The van der Waals surface area contributed by atoms with Crippen LogP contribution in [0.2, 0.25) is 0 Å². The van der Waals surface area contributed by atoms with E-state index in [9.17, 15) is 4.79 Å². The summed E-state index contributed by atoms with van der Waals surface area (Å²) in [6, 6.07) is 7.96. The Labute approximate surface area is 140 Å². The second kappa shape index (κ2) is 8.92. The number of ether oxygens (including phenoxy) is 1. The first-order valence-electron chi connectivity index (χ1n) is 8.76. The van der Waals surface area contributed by atoms with Gasteiger partial charge >= 0.3 is 0 Å². The van der Waals surface area contributed by atoms with Crippen LogP contribution in [0.25, 0.3) is 0 Å². The van der Waals surface area contributed by atoms with Gasteiger partial charge in [-0.1, -0.05) is 25.1 Å². The van der Waals surface area contributed by atoms with Crippen LogP contribution in [-0.4, -0.2) is 31.6 Å². The molecule has 1 heterocycles. The van der Waals surface area contributed by atoms with Crippen LogP contribution in [0.3, 0.4) is 0 Å². The summed E-state index contributed by atoms with van der Waals surface area (Å²) in [7, 11) is 0. The third-order valence-corrected chi connectivity index (χ3v) is 4.70. The summed E-state index contributed by atoms with van der Waals surface area (Å²) < 4.78 is 5.89. The summed E-state index contributed by atoms with van der Waals surface area (Å²) in [5, 5.41) is 6.39. The van der Waals surface area contributed by atoms with E-state index in [0.717, 1.165) is 24.4 Å². The van der Waals surface area contributed by atoms with Gasteiger partial charge in [-0.05, 0) is 63.2 Å². The van der Waals surface area contributed by atoms with E-state index in [4.69, 9.17) is 4.74 Å². The Kier molecular flexibility index (Phi) is 6.90. The van der Waals surface area contributed by atoms with Crippen molar-refractivity contribution < 1.29 is 9.53 Å². The number of para-hydroxylation sites is 1. The van der Waals surface area contributed by atoms with Gasteiger partial charge < -0.3 is 15.4 Å². The summed E-state index contributed by atoms with van der Waals surface area (Å²) in [4.78, 5) is 12.1. The van der Waals surface area contributed by atoms with Gasteiger partial charge in [-0.15, -0.1) is 0 Å². The van der Waals surface area contributed by atoms with Gasteiger partial charge in [-0.25, -0.2) is 0 Å². The van der Waals surface area contributed by atoms with E-state index < -0.39 is 0 Å². The number of nitrogens with one attached hydrogen (secondary N) is 2. The molecule has 0 saturated carbocycles. The van der Waals surface area contributed by atoms with E-state index in [0.29, 0.717) is 24.8 Å². The lowest BCUT2D eigenvalue weighted by Crippen LogP contribution is -2.36. The van der Waals surface area contributed by atoms with E-state index in [1.54, 1.807) is 0 Å². The molecule has 1 aromatic rings. The molecular weight excluding hydrogens is 288 g/mol. The van der Waals surface area contributed by atoms with Crippen molar-refractivity contribution in [2.45, 2.75) is 46.1 Å². The lowest BCUT2D eigenvalue weighted by molar-refractivity contribution is -0.122. The van der Waals surface area contributed by atoms with Gasteiger partial charge in [0.1, 0.15) is 11.9 Å². The topological polar surface area (TPSA) is 50.4 Å². The van der Waals surface area contributed by atoms with E-state index in [1.807, 2.05) is 38.1 Å². The maximum Gasteiger partial charge on any atom is 0.220 e. The van der Waals surface area contributed by atoms with Gasteiger partial charge in [0.05, 0.1) is 6.54 Å². The first-order valence-corrected chi connectivity index (χ1v) is 8.76. The number of piperidine rings is 1. The first-order chi connectivity index (χ1) is 11.1. The largest absolute Gasteiger partial charge is 0.489 e. The molecule has 23 heavy (non-hydrogen) atoms. The highest BCUT2D eigenvalue weighted by atomic mass is 16.5. The summed E-state index contributed by atoms with van der Waals surface area (Å²) in [5.41, 5.74) is 1.12. The van der Waals surface area contributed by atoms with Crippen LogP contribution in [0.5, 0.6) is 5.75 Å². The van der Waals surface area contributed by atoms with Crippen molar-refractivity contribution >= 4 is 5.91 Å². The van der Waals surface area contributed by atoms with Crippen LogP contribution in [-0.2, 0) is 4.79 Å². The van der Waals surface area contributed by atoms with Crippen LogP contribution >= 0.6 is 0 Å². The molecule has 0 aromatic heterocycles. The Balaban J connectivity index is 1.70. The van der Waals surface area contributed by atoms with Crippen LogP contribution in [0.15, 0.2) is 24.3 Å². The van der Waals surface area contributed by atoms with E-state index in [2.05, 4.69) is 17.6 Å². The highest BCUT2D eigenvalue weighted by molar-refractivity contribution is 5.76. The quantitative estimate of drug-likeness (QED) is 0.813. The normalized spacial score (nSPS) is 18.2. The monoisotopic (exact) mass is 318 g/mol. The van der Waals surface area contributed by atoms with Gasteiger partial charge in [-0.2, -0.15) is 0 Å². The van der Waals surface area contributed by atoms with E-state index in [1.165, 1.54) is 12.8 Å². The molecule has 1 fully saturated rings. The number of carbonyl (C=O) groups is 1. The van der Waals surface area contributed by atoms with E-state index >= 15 is 0 Å². The molecule has 4 heteroatoms. The minimum Gasteiger partial charge on any atom is -0.489 e. The predicted octanol–water partition coefficient (Wildman–Crippen LogP) is 2.90. The van der Waals surface area contributed by atoms with Crippen molar-refractivity contribution in [2.24, 2.45) is 11.8 Å². The fourth-order valence-corrected chi connectivity index (χ4v) is 3.15.